The zero-order chi connectivity index (χ0) is 19.2. The molecule has 1 heterocycles. The van der Waals surface area contributed by atoms with Crippen LogP contribution in [-0.2, 0) is 11.3 Å². The lowest BCUT2D eigenvalue weighted by molar-refractivity contribution is -0.121. The minimum atomic E-state index is -0.288. The number of rotatable bonds is 8. The highest BCUT2D eigenvalue weighted by atomic mass is 16.5. The lowest BCUT2D eigenvalue weighted by atomic mass is 10.1. The van der Waals surface area contributed by atoms with Gasteiger partial charge >= 0.3 is 0 Å². The second kappa shape index (κ2) is 8.49. The number of carbonyl (C=O) groups excluding carboxylic acids is 3. The number of hydrogen-bond donors (Lipinski definition) is 1. The first-order valence-corrected chi connectivity index (χ1v) is 9.04. The molecule has 6 heteroatoms. The standard InChI is InChI=1S/C21H22N2O4/c1-2-27-16-8-5-7-15(13-16)14-22-19(24)11-6-12-23-20(25)17-9-3-4-10-18(17)21(23)26/h3-5,7-10,13H,2,6,11-12,14H2,1H3,(H,22,24). The molecule has 0 spiro atoms. The molecule has 3 amide bonds. The van der Waals surface area contributed by atoms with Gasteiger partial charge in [-0.25, -0.2) is 0 Å². The number of nitrogens with zero attached hydrogens (tertiary/aromatic N) is 1. The van der Waals surface area contributed by atoms with Gasteiger partial charge in [0.05, 0.1) is 17.7 Å². The maximum absolute atomic E-state index is 12.3. The van der Waals surface area contributed by atoms with Gasteiger partial charge in [-0.2, -0.15) is 0 Å². The molecular weight excluding hydrogens is 344 g/mol. The number of hydrogen-bond acceptors (Lipinski definition) is 4. The number of nitrogens with one attached hydrogen (secondary N) is 1. The van der Waals surface area contributed by atoms with Gasteiger partial charge < -0.3 is 10.1 Å². The summed E-state index contributed by atoms with van der Waals surface area (Å²) < 4.78 is 5.44. The third kappa shape index (κ3) is 4.34. The molecule has 0 aromatic heterocycles. The Morgan fingerprint density at radius 1 is 1.04 bits per heavy atom. The fourth-order valence-corrected chi connectivity index (χ4v) is 3.04. The SMILES string of the molecule is CCOc1cccc(CNC(=O)CCCN2C(=O)c3ccccc3C2=O)c1. The van der Waals surface area contributed by atoms with Crippen LogP contribution in [0.1, 0.15) is 46.0 Å². The van der Waals surface area contributed by atoms with Crippen LogP contribution in [0.2, 0.25) is 0 Å². The van der Waals surface area contributed by atoms with E-state index in [9.17, 15) is 14.4 Å². The van der Waals surface area contributed by atoms with E-state index < -0.39 is 0 Å². The molecule has 0 atom stereocenters. The molecule has 1 N–H and O–H groups in total. The lowest BCUT2D eigenvalue weighted by Gasteiger charge is -2.13. The minimum absolute atomic E-state index is 0.117. The molecular formula is C21H22N2O4. The van der Waals surface area contributed by atoms with Crippen LogP contribution in [-0.4, -0.2) is 35.8 Å². The minimum Gasteiger partial charge on any atom is -0.494 e. The summed E-state index contributed by atoms with van der Waals surface area (Å²) >= 11 is 0. The third-order valence-corrected chi connectivity index (χ3v) is 4.36. The number of fused-ring (bicyclic) bond motifs is 1. The molecule has 0 unspecified atom stereocenters. The van der Waals surface area contributed by atoms with Crippen molar-refractivity contribution < 1.29 is 19.1 Å². The molecule has 140 valence electrons. The van der Waals surface area contributed by atoms with Crippen molar-refractivity contribution in [3.05, 3.63) is 65.2 Å². The third-order valence-electron chi connectivity index (χ3n) is 4.36. The maximum Gasteiger partial charge on any atom is 0.261 e. The Bertz CT molecular complexity index is 828. The van der Waals surface area contributed by atoms with E-state index in [1.165, 1.54) is 4.90 Å². The number of imide groups is 1. The molecule has 0 radical (unpaired) electrons. The summed E-state index contributed by atoms with van der Waals surface area (Å²) in [5.74, 6) is 0.0794. The summed E-state index contributed by atoms with van der Waals surface area (Å²) in [6.45, 7) is 3.16. The highest BCUT2D eigenvalue weighted by Crippen LogP contribution is 2.22. The summed E-state index contributed by atoms with van der Waals surface area (Å²) in [6, 6.07) is 14.3. The van der Waals surface area contributed by atoms with E-state index in [0.29, 0.717) is 30.7 Å². The molecule has 27 heavy (non-hydrogen) atoms. The van der Waals surface area contributed by atoms with Crippen LogP contribution in [0.25, 0.3) is 0 Å². The summed E-state index contributed by atoms with van der Waals surface area (Å²) in [5.41, 5.74) is 1.82. The average molecular weight is 366 g/mol. The van der Waals surface area contributed by atoms with Gasteiger partial charge in [0.2, 0.25) is 5.91 Å². The predicted molar refractivity (Wildman–Crippen MR) is 101 cm³/mol. The van der Waals surface area contributed by atoms with Gasteiger partial charge in [-0.15, -0.1) is 0 Å². The predicted octanol–water partition coefficient (Wildman–Crippen LogP) is 2.78. The Morgan fingerprint density at radius 3 is 2.41 bits per heavy atom. The Hall–Kier alpha value is -3.15. The Morgan fingerprint density at radius 2 is 1.74 bits per heavy atom. The van der Waals surface area contributed by atoms with Crippen molar-refractivity contribution in [1.82, 2.24) is 10.2 Å². The lowest BCUT2D eigenvalue weighted by Crippen LogP contribution is -2.32. The van der Waals surface area contributed by atoms with E-state index in [1.54, 1.807) is 24.3 Å². The number of benzene rings is 2. The van der Waals surface area contributed by atoms with Crippen LogP contribution in [0.15, 0.2) is 48.5 Å². The van der Waals surface area contributed by atoms with Crippen molar-refractivity contribution in [1.29, 1.82) is 0 Å². The summed E-state index contributed by atoms with van der Waals surface area (Å²) in [5, 5.41) is 2.85. The Balaban J connectivity index is 1.45. The first kappa shape index (κ1) is 18.6. The zero-order valence-electron chi connectivity index (χ0n) is 15.2. The van der Waals surface area contributed by atoms with Gasteiger partial charge in [0.25, 0.3) is 11.8 Å². The fourth-order valence-electron chi connectivity index (χ4n) is 3.04. The topological polar surface area (TPSA) is 75.7 Å². The maximum atomic E-state index is 12.3. The van der Waals surface area contributed by atoms with Gasteiger partial charge in [0.1, 0.15) is 5.75 Å². The molecule has 0 saturated carbocycles. The van der Waals surface area contributed by atoms with Crippen LogP contribution in [0.4, 0.5) is 0 Å². The largest absolute Gasteiger partial charge is 0.494 e. The van der Waals surface area contributed by atoms with Gasteiger partial charge in [0, 0.05) is 19.5 Å². The van der Waals surface area contributed by atoms with Crippen LogP contribution in [0.3, 0.4) is 0 Å². The van der Waals surface area contributed by atoms with Gasteiger partial charge in [-0.05, 0) is 43.2 Å². The smallest absolute Gasteiger partial charge is 0.261 e. The summed E-state index contributed by atoms with van der Waals surface area (Å²) in [6.07, 6.45) is 0.675. The zero-order valence-corrected chi connectivity index (χ0v) is 15.2. The molecule has 2 aromatic carbocycles. The van der Waals surface area contributed by atoms with E-state index in [1.807, 2.05) is 31.2 Å². The molecule has 0 aliphatic carbocycles. The molecule has 2 aromatic rings. The first-order valence-electron chi connectivity index (χ1n) is 9.04. The van der Waals surface area contributed by atoms with Gasteiger partial charge in [-0.1, -0.05) is 24.3 Å². The first-order chi connectivity index (χ1) is 13.1. The van der Waals surface area contributed by atoms with E-state index in [-0.39, 0.29) is 30.7 Å². The highest BCUT2D eigenvalue weighted by Gasteiger charge is 2.34. The molecule has 3 rings (SSSR count). The molecule has 0 fully saturated rings. The second-order valence-corrected chi connectivity index (χ2v) is 6.27. The van der Waals surface area contributed by atoms with Crippen LogP contribution >= 0.6 is 0 Å². The summed E-state index contributed by atoms with van der Waals surface area (Å²) in [4.78, 5) is 37.8. The van der Waals surface area contributed by atoms with Crippen molar-refractivity contribution in [3.8, 4) is 5.75 Å². The quantitative estimate of drug-likeness (QED) is 0.729. The van der Waals surface area contributed by atoms with E-state index in [4.69, 9.17) is 4.74 Å². The van der Waals surface area contributed by atoms with Crippen LogP contribution < -0.4 is 10.1 Å². The summed E-state index contributed by atoms with van der Waals surface area (Å²) in [7, 11) is 0. The fraction of sp³-hybridized carbons (Fsp3) is 0.286. The Labute approximate surface area is 158 Å². The van der Waals surface area contributed by atoms with E-state index in [2.05, 4.69) is 5.32 Å². The highest BCUT2D eigenvalue weighted by molar-refractivity contribution is 6.21. The molecule has 0 bridgehead atoms. The van der Waals surface area contributed by atoms with E-state index in [0.717, 1.165) is 11.3 Å². The van der Waals surface area contributed by atoms with Crippen molar-refractivity contribution >= 4 is 17.7 Å². The normalized spacial score (nSPS) is 12.9. The van der Waals surface area contributed by atoms with Gasteiger partial charge in [-0.3, -0.25) is 19.3 Å². The number of amides is 3. The van der Waals surface area contributed by atoms with Crippen molar-refractivity contribution in [2.24, 2.45) is 0 Å². The van der Waals surface area contributed by atoms with Crippen molar-refractivity contribution in [2.45, 2.75) is 26.3 Å². The average Bonchev–Trinajstić information content (AvgIpc) is 2.92. The van der Waals surface area contributed by atoms with Crippen LogP contribution in [0, 0.1) is 0 Å². The monoisotopic (exact) mass is 366 g/mol. The number of carbonyl (C=O) groups is 3. The second-order valence-electron chi connectivity index (χ2n) is 6.27. The molecule has 6 nitrogen and oxygen atoms in total. The van der Waals surface area contributed by atoms with Crippen molar-refractivity contribution in [2.75, 3.05) is 13.2 Å². The van der Waals surface area contributed by atoms with E-state index >= 15 is 0 Å². The van der Waals surface area contributed by atoms with Crippen molar-refractivity contribution in [3.63, 3.8) is 0 Å². The van der Waals surface area contributed by atoms with Crippen LogP contribution in [0.5, 0.6) is 5.75 Å². The van der Waals surface area contributed by atoms with Gasteiger partial charge in [0.15, 0.2) is 0 Å². The Kier molecular flexibility index (Phi) is 5.86. The molecule has 1 aliphatic rings. The molecule has 0 saturated heterocycles. The molecule has 1 aliphatic heterocycles. The number of ether oxygens (including phenoxy) is 1.